The fraction of sp³-hybridized carbons (Fsp3) is 0.263. The lowest BCUT2D eigenvalue weighted by Crippen LogP contribution is -2.25. The molecule has 0 spiro atoms. The summed E-state index contributed by atoms with van der Waals surface area (Å²) in [5, 5.41) is 7.90. The number of hydrogen-bond acceptors (Lipinski definition) is 3. The Hall–Kier alpha value is -2.40. The van der Waals surface area contributed by atoms with Crippen LogP contribution in [-0.2, 0) is 0 Å². The van der Waals surface area contributed by atoms with Crippen LogP contribution >= 0.6 is 12.2 Å². The lowest BCUT2D eigenvalue weighted by Gasteiger charge is -2.11. The molecular formula is C19H23N3OS. The zero-order valence-electron chi connectivity index (χ0n) is 14.5. The molecule has 0 atom stereocenters. The van der Waals surface area contributed by atoms with Crippen molar-refractivity contribution in [3.8, 4) is 5.75 Å². The van der Waals surface area contributed by atoms with Gasteiger partial charge in [-0.2, -0.15) is 5.10 Å². The van der Waals surface area contributed by atoms with E-state index in [1.807, 2.05) is 43.3 Å². The van der Waals surface area contributed by atoms with Gasteiger partial charge in [0.25, 0.3) is 0 Å². The largest absolute Gasteiger partial charge is 0.496 e. The Kier molecular flexibility index (Phi) is 6.32. The van der Waals surface area contributed by atoms with Gasteiger partial charge in [-0.05, 0) is 54.9 Å². The highest BCUT2D eigenvalue weighted by Crippen LogP contribution is 2.18. The number of nitrogens with one attached hydrogen (secondary N) is 2. The molecule has 0 radical (unpaired) electrons. The molecule has 0 saturated heterocycles. The molecule has 0 bridgehead atoms. The highest BCUT2D eigenvalue weighted by molar-refractivity contribution is 7.80. The van der Waals surface area contributed by atoms with Crippen molar-refractivity contribution in [3.05, 3.63) is 59.7 Å². The topological polar surface area (TPSA) is 45.6 Å². The van der Waals surface area contributed by atoms with E-state index in [4.69, 9.17) is 17.0 Å². The van der Waals surface area contributed by atoms with E-state index < -0.39 is 0 Å². The molecule has 2 N–H and O–H groups in total. The number of thiocarbonyl (C=S) groups is 1. The number of anilines is 1. The number of nitrogens with zero attached hydrogens (tertiary/aromatic N) is 1. The molecule has 0 aliphatic carbocycles. The monoisotopic (exact) mass is 341 g/mol. The second kappa shape index (κ2) is 8.45. The summed E-state index contributed by atoms with van der Waals surface area (Å²) < 4.78 is 5.34. The van der Waals surface area contributed by atoms with Crippen LogP contribution in [0.2, 0.25) is 0 Å². The fourth-order valence-electron chi connectivity index (χ4n) is 2.25. The Morgan fingerprint density at radius 3 is 2.38 bits per heavy atom. The van der Waals surface area contributed by atoms with E-state index >= 15 is 0 Å². The molecule has 0 aliphatic rings. The molecule has 0 aliphatic heterocycles. The van der Waals surface area contributed by atoms with Crippen molar-refractivity contribution in [1.29, 1.82) is 0 Å². The molecule has 5 heteroatoms. The Morgan fingerprint density at radius 1 is 1.08 bits per heavy atom. The Bertz CT molecular complexity index is 724. The molecular weight excluding hydrogens is 318 g/mol. The molecule has 0 heterocycles. The average Bonchev–Trinajstić information content (AvgIpc) is 2.60. The molecule has 2 aromatic rings. The third-order valence-electron chi connectivity index (χ3n) is 3.66. The van der Waals surface area contributed by atoms with Crippen LogP contribution in [0.5, 0.6) is 5.75 Å². The van der Waals surface area contributed by atoms with Gasteiger partial charge in [-0.25, -0.2) is 0 Å². The molecule has 24 heavy (non-hydrogen) atoms. The summed E-state index contributed by atoms with van der Waals surface area (Å²) >= 11 is 5.29. The molecule has 0 unspecified atom stereocenters. The van der Waals surface area contributed by atoms with E-state index in [1.165, 1.54) is 5.56 Å². The lowest BCUT2D eigenvalue weighted by atomic mass is 10.0. The fourth-order valence-corrected chi connectivity index (χ4v) is 2.41. The van der Waals surface area contributed by atoms with Crippen LogP contribution in [-0.4, -0.2) is 17.9 Å². The Labute approximate surface area is 148 Å². The van der Waals surface area contributed by atoms with Crippen molar-refractivity contribution >= 4 is 28.7 Å². The summed E-state index contributed by atoms with van der Waals surface area (Å²) in [6.45, 7) is 6.25. The van der Waals surface area contributed by atoms with E-state index in [2.05, 4.69) is 41.8 Å². The van der Waals surface area contributed by atoms with Gasteiger partial charge in [0.05, 0.1) is 12.8 Å². The number of methoxy groups -OCH3 is 1. The van der Waals surface area contributed by atoms with Crippen molar-refractivity contribution < 1.29 is 4.74 Å². The molecule has 126 valence electrons. The molecule has 0 fully saturated rings. The maximum absolute atomic E-state index is 5.34. The molecule has 0 amide bonds. The first-order chi connectivity index (χ1) is 11.5. The number of rotatable bonds is 5. The van der Waals surface area contributed by atoms with E-state index in [0.29, 0.717) is 11.0 Å². The molecule has 0 saturated carbocycles. The second-order valence-corrected chi connectivity index (χ2v) is 6.15. The first-order valence-electron chi connectivity index (χ1n) is 7.86. The molecule has 2 rings (SSSR count). The van der Waals surface area contributed by atoms with Crippen LogP contribution in [0.3, 0.4) is 0 Å². The van der Waals surface area contributed by atoms with Crippen LogP contribution < -0.4 is 15.5 Å². The number of hydrazone groups is 1. The summed E-state index contributed by atoms with van der Waals surface area (Å²) in [6.07, 6.45) is 0. The zero-order valence-corrected chi connectivity index (χ0v) is 15.3. The van der Waals surface area contributed by atoms with Crippen LogP contribution in [0.25, 0.3) is 0 Å². The van der Waals surface area contributed by atoms with Gasteiger partial charge in [0, 0.05) is 11.3 Å². The van der Waals surface area contributed by atoms with Crippen molar-refractivity contribution in [2.24, 2.45) is 5.10 Å². The lowest BCUT2D eigenvalue weighted by molar-refractivity contribution is 0.414. The Morgan fingerprint density at radius 2 is 1.75 bits per heavy atom. The van der Waals surface area contributed by atoms with E-state index in [-0.39, 0.29) is 0 Å². The van der Waals surface area contributed by atoms with Gasteiger partial charge in [0.15, 0.2) is 5.11 Å². The van der Waals surface area contributed by atoms with Crippen LogP contribution in [0, 0.1) is 0 Å². The third-order valence-corrected chi connectivity index (χ3v) is 3.85. The third kappa shape index (κ3) is 4.80. The number of para-hydroxylation sites is 1. The van der Waals surface area contributed by atoms with Crippen molar-refractivity contribution in [2.75, 3.05) is 12.4 Å². The first kappa shape index (κ1) is 17.9. The normalized spacial score (nSPS) is 11.3. The van der Waals surface area contributed by atoms with E-state index in [0.717, 1.165) is 22.7 Å². The van der Waals surface area contributed by atoms with E-state index in [9.17, 15) is 0 Å². The van der Waals surface area contributed by atoms with E-state index in [1.54, 1.807) is 7.11 Å². The summed E-state index contributed by atoms with van der Waals surface area (Å²) in [4.78, 5) is 0. The van der Waals surface area contributed by atoms with Crippen LogP contribution in [0.15, 0.2) is 53.6 Å². The van der Waals surface area contributed by atoms with Gasteiger partial charge in [0.2, 0.25) is 0 Å². The molecule has 2 aromatic carbocycles. The van der Waals surface area contributed by atoms with Crippen molar-refractivity contribution in [2.45, 2.75) is 26.7 Å². The van der Waals surface area contributed by atoms with Crippen LogP contribution in [0.1, 0.15) is 37.8 Å². The number of benzene rings is 2. The van der Waals surface area contributed by atoms with Crippen LogP contribution in [0.4, 0.5) is 5.69 Å². The number of ether oxygens (including phenoxy) is 1. The SMILES string of the molecule is COc1ccccc1/C(C)=N/NC(=S)Nc1ccc(C(C)C)cc1. The van der Waals surface area contributed by atoms with Gasteiger partial charge in [0.1, 0.15) is 5.75 Å². The zero-order chi connectivity index (χ0) is 17.5. The predicted molar refractivity (Wildman–Crippen MR) is 105 cm³/mol. The first-order valence-corrected chi connectivity index (χ1v) is 8.26. The highest BCUT2D eigenvalue weighted by atomic mass is 32.1. The summed E-state index contributed by atoms with van der Waals surface area (Å²) in [6, 6.07) is 16.0. The maximum atomic E-state index is 5.34. The summed E-state index contributed by atoms with van der Waals surface area (Å²) in [7, 11) is 1.65. The van der Waals surface area contributed by atoms with Crippen molar-refractivity contribution in [3.63, 3.8) is 0 Å². The summed E-state index contributed by atoms with van der Waals surface area (Å²) in [5.74, 6) is 1.29. The summed E-state index contributed by atoms with van der Waals surface area (Å²) in [5.41, 5.74) is 6.82. The van der Waals surface area contributed by atoms with Crippen molar-refractivity contribution in [1.82, 2.24) is 5.43 Å². The molecule has 4 nitrogen and oxygen atoms in total. The quantitative estimate of drug-likeness (QED) is 0.476. The number of hydrogen-bond donors (Lipinski definition) is 2. The van der Waals surface area contributed by atoms with Gasteiger partial charge < -0.3 is 10.1 Å². The Balaban J connectivity index is 1.99. The maximum Gasteiger partial charge on any atom is 0.191 e. The predicted octanol–water partition coefficient (Wildman–Crippen LogP) is 4.53. The van der Waals surface area contributed by atoms with Gasteiger partial charge >= 0.3 is 0 Å². The minimum Gasteiger partial charge on any atom is -0.496 e. The minimum absolute atomic E-state index is 0.446. The smallest absolute Gasteiger partial charge is 0.191 e. The van der Waals surface area contributed by atoms with Gasteiger partial charge in [-0.3, -0.25) is 5.43 Å². The molecule has 0 aromatic heterocycles. The highest BCUT2D eigenvalue weighted by Gasteiger charge is 2.05. The van der Waals surface area contributed by atoms with Gasteiger partial charge in [-0.15, -0.1) is 0 Å². The standard InChI is InChI=1S/C19H23N3OS/c1-13(2)15-9-11-16(12-10-15)20-19(24)22-21-14(3)17-7-5-6-8-18(17)23-4/h5-13H,1-4H3,(H2,20,22,24)/b21-14+. The average molecular weight is 341 g/mol. The minimum atomic E-state index is 0.446. The second-order valence-electron chi connectivity index (χ2n) is 5.74. The van der Waals surface area contributed by atoms with Gasteiger partial charge in [-0.1, -0.05) is 38.1 Å².